The van der Waals surface area contributed by atoms with E-state index >= 15 is 0 Å². The monoisotopic (exact) mass is 412 g/mol. The van der Waals surface area contributed by atoms with Gasteiger partial charge in [0.25, 0.3) is 0 Å². The molecule has 0 aliphatic carbocycles. The molecule has 29 heavy (non-hydrogen) atoms. The molecule has 150 valence electrons. The number of rotatable bonds is 9. The lowest BCUT2D eigenvalue weighted by atomic mass is 10.1. The lowest BCUT2D eigenvalue weighted by molar-refractivity contribution is -0.114. The smallest absolute Gasteiger partial charge is 0.243 e. The number of halogens is 2. The normalized spacial score (nSPS) is 10.4. The number of ether oxygens (including phenoxy) is 1. The molecule has 3 aromatic rings. The first kappa shape index (κ1) is 20.7. The largest absolute Gasteiger partial charge is 0.494 e. The molecule has 0 unspecified atom stereocenters. The molecule has 3 aromatic carbocycles. The van der Waals surface area contributed by atoms with E-state index in [0.29, 0.717) is 23.7 Å². The Labute approximate surface area is 174 Å². The molecule has 0 bridgehead atoms. The van der Waals surface area contributed by atoms with E-state index in [1.165, 1.54) is 23.8 Å². The Bertz CT molecular complexity index is 951. The first-order chi connectivity index (χ1) is 14.1. The van der Waals surface area contributed by atoms with Crippen molar-refractivity contribution in [3.63, 3.8) is 0 Å². The van der Waals surface area contributed by atoms with Gasteiger partial charge in [-0.1, -0.05) is 48.0 Å². The molecular weight excluding hydrogens is 391 g/mol. The fourth-order valence-electron chi connectivity index (χ4n) is 2.77. The summed E-state index contributed by atoms with van der Waals surface area (Å²) in [6.07, 6.45) is 1.86. The Morgan fingerprint density at radius 2 is 1.79 bits per heavy atom. The van der Waals surface area contributed by atoms with Gasteiger partial charge >= 0.3 is 0 Å². The zero-order valence-electron chi connectivity index (χ0n) is 15.8. The first-order valence-electron chi connectivity index (χ1n) is 9.36. The lowest BCUT2D eigenvalue weighted by Gasteiger charge is -2.10. The van der Waals surface area contributed by atoms with Gasteiger partial charge in [0.15, 0.2) is 0 Å². The van der Waals surface area contributed by atoms with E-state index in [4.69, 9.17) is 16.3 Å². The zero-order valence-corrected chi connectivity index (χ0v) is 16.6. The SMILES string of the molecule is O=C(CNc1ccc(F)c(Cl)c1)Nc1cccc(OCCCc2ccccc2)c1. The quantitative estimate of drug-likeness (QED) is 0.453. The Balaban J connectivity index is 1.43. The molecule has 4 nitrogen and oxygen atoms in total. The van der Waals surface area contributed by atoms with Crippen molar-refractivity contribution >= 4 is 28.9 Å². The second-order valence-electron chi connectivity index (χ2n) is 6.50. The summed E-state index contributed by atoms with van der Waals surface area (Å²) in [7, 11) is 0. The summed E-state index contributed by atoms with van der Waals surface area (Å²) in [5.74, 6) is -0.0249. The highest BCUT2D eigenvalue weighted by atomic mass is 35.5. The van der Waals surface area contributed by atoms with E-state index < -0.39 is 5.82 Å². The minimum atomic E-state index is -0.498. The van der Waals surface area contributed by atoms with E-state index in [1.807, 2.05) is 30.3 Å². The van der Waals surface area contributed by atoms with Gasteiger partial charge in [-0.2, -0.15) is 0 Å². The van der Waals surface area contributed by atoms with Gasteiger partial charge in [-0.25, -0.2) is 4.39 Å². The van der Waals surface area contributed by atoms with Crippen LogP contribution in [0.5, 0.6) is 5.75 Å². The minimum Gasteiger partial charge on any atom is -0.494 e. The fourth-order valence-corrected chi connectivity index (χ4v) is 2.95. The summed E-state index contributed by atoms with van der Waals surface area (Å²) in [6.45, 7) is 0.628. The van der Waals surface area contributed by atoms with Gasteiger partial charge in [0, 0.05) is 17.4 Å². The molecule has 3 rings (SSSR count). The van der Waals surface area contributed by atoms with E-state index in [9.17, 15) is 9.18 Å². The van der Waals surface area contributed by atoms with Crippen LogP contribution in [0.25, 0.3) is 0 Å². The van der Waals surface area contributed by atoms with Crippen molar-refractivity contribution in [3.8, 4) is 5.75 Å². The molecule has 1 amide bonds. The maximum atomic E-state index is 13.2. The van der Waals surface area contributed by atoms with Crippen LogP contribution in [0.15, 0.2) is 72.8 Å². The van der Waals surface area contributed by atoms with E-state index in [1.54, 1.807) is 12.1 Å². The maximum absolute atomic E-state index is 13.2. The molecule has 6 heteroatoms. The van der Waals surface area contributed by atoms with Crippen molar-refractivity contribution in [2.24, 2.45) is 0 Å². The van der Waals surface area contributed by atoms with Crippen LogP contribution in [0.3, 0.4) is 0 Å². The molecular formula is C23H22ClFN2O2. The van der Waals surface area contributed by atoms with Crippen LogP contribution in [0.4, 0.5) is 15.8 Å². The number of carbonyl (C=O) groups excluding carboxylic acids is 1. The van der Waals surface area contributed by atoms with Crippen molar-refractivity contribution in [1.29, 1.82) is 0 Å². The maximum Gasteiger partial charge on any atom is 0.243 e. The van der Waals surface area contributed by atoms with Crippen LogP contribution in [-0.4, -0.2) is 19.1 Å². The molecule has 0 spiro atoms. The second kappa shape index (κ2) is 10.5. The van der Waals surface area contributed by atoms with Crippen LogP contribution in [0, 0.1) is 5.82 Å². The number of amides is 1. The lowest BCUT2D eigenvalue weighted by Crippen LogP contribution is -2.21. The molecule has 0 aliphatic rings. The number of benzene rings is 3. The van der Waals surface area contributed by atoms with Crippen molar-refractivity contribution in [2.45, 2.75) is 12.8 Å². The second-order valence-corrected chi connectivity index (χ2v) is 6.90. The van der Waals surface area contributed by atoms with Crippen LogP contribution in [-0.2, 0) is 11.2 Å². The summed E-state index contributed by atoms with van der Waals surface area (Å²) < 4.78 is 19.0. The summed E-state index contributed by atoms with van der Waals surface area (Å²) in [5, 5.41) is 5.72. The van der Waals surface area contributed by atoms with Gasteiger partial charge in [-0.15, -0.1) is 0 Å². The van der Waals surface area contributed by atoms with Gasteiger partial charge in [0.2, 0.25) is 5.91 Å². The van der Waals surface area contributed by atoms with E-state index in [0.717, 1.165) is 12.8 Å². The summed E-state index contributed by atoms with van der Waals surface area (Å²) >= 11 is 5.73. The molecule has 0 saturated heterocycles. The highest BCUT2D eigenvalue weighted by Crippen LogP contribution is 2.20. The standard InChI is InChI=1S/C23H22ClFN2O2/c24-21-15-18(11-12-22(21)25)26-16-23(28)27-19-9-4-10-20(14-19)29-13-5-8-17-6-2-1-3-7-17/h1-4,6-7,9-12,14-15,26H,5,8,13,16H2,(H,27,28). The van der Waals surface area contributed by atoms with Gasteiger partial charge in [-0.3, -0.25) is 4.79 Å². The van der Waals surface area contributed by atoms with Crippen molar-refractivity contribution in [2.75, 3.05) is 23.8 Å². The van der Waals surface area contributed by atoms with Crippen LogP contribution < -0.4 is 15.4 Å². The van der Waals surface area contributed by atoms with Crippen LogP contribution in [0.1, 0.15) is 12.0 Å². The molecule has 2 N–H and O–H groups in total. The third-order valence-corrected chi connectivity index (χ3v) is 4.50. The number of hydrogen-bond acceptors (Lipinski definition) is 3. The Hall–Kier alpha value is -3.05. The zero-order chi connectivity index (χ0) is 20.5. The van der Waals surface area contributed by atoms with Crippen molar-refractivity contribution in [3.05, 3.63) is 89.2 Å². The fraction of sp³-hybridized carbons (Fsp3) is 0.174. The Kier molecular flexibility index (Phi) is 7.47. The molecule has 0 aliphatic heterocycles. The minimum absolute atomic E-state index is 0.00697. The average Bonchev–Trinajstić information content (AvgIpc) is 2.73. The van der Waals surface area contributed by atoms with Crippen molar-refractivity contribution in [1.82, 2.24) is 0 Å². The summed E-state index contributed by atoms with van der Waals surface area (Å²) in [5.41, 5.74) is 2.50. The molecule has 0 aromatic heterocycles. The molecule has 0 heterocycles. The van der Waals surface area contributed by atoms with Gasteiger partial charge in [-0.05, 0) is 48.7 Å². The predicted octanol–water partition coefficient (Wildman–Crippen LogP) is 5.54. The first-order valence-corrected chi connectivity index (χ1v) is 9.73. The topological polar surface area (TPSA) is 50.4 Å². The Morgan fingerprint density at radius 1 is 0.966 bits per heavy atom. The van der Waals surface area contributed by atoms with Gasteiger partial charge in [0.1, 0.15) is 11.6 Å². The summed E-state index contributed by atoms with van der Waals surface area (Å²) in [4.78, 5) is 12.1. The van der Waals surface area contributed by atoms with Gasteiger partial charge in [0.05, 0.1) is 18.2 Å². The highest BCUT2D eigenvalue weighted by molar-refractivity contribution is 6.31. The molecule has 0 fully saturated rings. The third-order valence-electron chi connectivity index (χ3n) is 4.21. The average molecular weight is 413 g/mol. The van der Waals surface area contributed by atoms with Crippen LogP contribution in [0.2, 0.25) is 5.02 Å². The number of aryl methyl sites for hydroxylation is 1. The van der Waals surface area contributed by atoms with E-state index in [-0.39, 0.29) is 17.5 Å². The number of hydrogen-bond donors (Lipinski definition) is 2. The predicted molar refractivity (Wildman–Crippen MR) is 115 cm³/mol. The number of carbonyl (C=O) groups is 1. The number of anilines is 2. The highest BCUT2D eigenvalue weighted by Gasteiger charge is 2.05. The van der Waals surface area contributed by atoms with E-state index in [2.05, 4.69) is 22.8 Å². The summed E-state index contributed by atoms with van der Waals surface area (Å²) in [6, 6.07) is 21.8. The van der Waals surface area contributed by atoms with Crippen molar-refractivity contribution < 1.29 is 13.9 Å². The third kappa shape index (κ3) is 6.80. The number of nitrogens with one attached hydrogen (secondary N) is 2. The van der Waals surface area contributed by atoms with Gasteiger partial charge < -0.3 is 15.4 Å². The molecule has 0 radical (unpaired) electrons. The molecule has 0 atom stereocenters. The molecule has 0 saturated carbocycles. The van der Waals surface area contributed by atoms with Crippen LogP contribution >= 0.6 is 11.6 Å². The Morgan fingerprint density at radius 3 is 2.59 bits per heavy atom.